The Balaban J connectivity index is 1.48. The summed E-state index contributed by atoms with van der Waals surface area (Å²) in [5.74, 6) is 0. The van der Waals surface area contributed by atoms with Crippen LogP contribution in [0.5, 0.6) is 0 Å². The van der Waals surface area contributed by atoms with Crippen LogP contribution in [0.1, 0.15) is 38.5 Å². The highest BCUT2D eigenvalue weighted by atomic mass is 16.7. The van der Waals surface area contributed by atoms with Crippen molar-refractivity contribution in [2.75, 3.05) is 46.0 Å². The molecule has 2 saturated heterocycles. The average Bonchev–Trinajstić information content (AvgIpc) is 2.50. The Kier molecular flexibility index (Phi) is 7.83. The quantitative estimate of drug-likeness (QED) is 0.683. The summed E-state index contributed by atoms with van der Waals surface area (Å²) in [5, 5.41) is 0. The van der Waals surface area contributed by atoms with Crippen LogP contribution in [-0.4, -0.2) is 63.3 Å². The lowest BCUT2D eigenvalue weighted by molar-refractivity contribution is -0.164. The Morgan fingerprint density at radius 2 is 1.90 bits per heavy atom. The van der Waals surface area contributed by atoms with Gasteiger partial charge in [0.2, 0.25) is 0 Å². The van der Waals surface area contributed by atoms with E-state index in [1.165, 1.54) is 12.8 Å². The minimum absolute atomic E-state index is 0.0425. The van der Waals surface area contributed by atoms with E-state index in [1.807, 2.05) is 0 Å². The summed E-state index contributed by atoms with van der Waals surface area (Å²) in [7, 11) is 0. The number of nitrogens with two attached hydrogens (primary N) is 1. The third-order valence-corrected chi connectivity index (χ3v) is 4.09. The number of hydrogen-bond donors (Lipinski definition) is 1. The lowest BCUT2D eigenvalue weighted by Gasteiger charge is -2.32. The first-order valence-corrected chi connectivity index (χ1v) is 8.15. The second kappa shape index (κ2) is 9.68. The number of likely N-dealkylation sites (tertiary alicyclic amines) is 1. The topological polar surface area (TPSA) is 57.0 Å². The van der Waals surface area contributed by atoms with Gasteiger partial charge in [0.1, 0.15) is 0 Å². The van der Waals surface area contributed by atoms with Gasteiger partial charge in [0.25, 0.3) is 0 Å². The van der Waals surface area contributed by atoms with E-state index in [1.54, 1.807) is 0 Å². The summed E-state index contributed by atoms with van der Waals surface area (Å²) < 4.78 is 17.2. The molecule has 0 saturated carbocycles. The Labute approximate surface area is 122 Å². The first-order chi connectivity index (χ1) is 9.88. The molecule has 1 atom stereocenters. The number of hydrogen-bond acceptors (Lipinski definition) is 5. The zero-order chi connectivity index (χ0) is 14.0. The normalized spacial score (nSPS) is 25.9. The Bertz CT molecular complexity index is 239. The average molecular weight is 286 g/mol. The second-order valence-corrected chi connectivity index (χ2v) is 5.72. The molecule has 2 fully saturated rings. The number of nitrogens with zero attached hydrogens (tertiary/aromatic N) is 1. The molecule has 1 unspecified atom stereocenters. The molecule has 0 aromatic carbocycles. The summed E-state index contributed by atoms with van der Waals surface area (Å²) in [6.07, 6.45) is 7.16. The molecule has 0 aliphatic carbocycles. The second-order valence-electron chi connectivity index (χ2n) is 5.72. The number of piperidine rings is 1. The molecule has 118 valence electrons. The van der Waals surface area contributed by atoms with Crippen LogP contribution in [0.3, 0.4) is 0 Å². The molecule has 0 amide bonds. The smallest absolute Gasteiger partial charge is 0.157 e. The maximum atomic E-state index is 5.81. The van der Waals surface area contributed by atoms with Crippen LogP contribution < -0.4 is 5.73 Å². The van der Waals surface area contributed by atoms with Crippen molar-refractivity contribution in [3.05, 3.63) is 0 Å². The molecule has 2 N–H and O–H groups in total. The molecule has 5 nitrogen and oxygen atoms in total. The third-order valence-electron chi connectivity index (χ3n) is 4.09. The van der Waals surface area contributed by atoms with E-state index in [2.05, 4.69) is 4.90 Å². The maximum absolute atomic E-state index is 5.81. The van der Waals surface area contributed by atoms with E-state index >= 15 is 0 Å². The predicted molar refractivity (Wildman–Crippen MR) is 78.6 cm³/mol. The molecule has 0 bridgehead atoms. The van der Waals surface area contributed by atoms with Crippen molar-refractivity contribution < 1.29 is 14.2 Å². The molecule has 0 radical (unpaired) electrons. The van der Waals surface area contributed by atoms with Crippen LogP contribution in [0.25, 0.3) is 0 Å². The lowest BCUT2D eigenvalue weighted by atomic mass is 10.1. The zero-order valence-electron chi connectivity index (χ0n) is 12.6. The fraction of sp³-hybridized carbons (Fsp3) is 1.00. The summed E-state index contributed by atoms with van der Waals surface area (Å²) in [4.78, 5) is 2.46. The van der Waals surface area contributed by atoms with E-state index in [0.29, 0.717) is 6.10 Å². The highest BCUT2D eigenvalue weighted by Crippen LogP contribution is 2.15. The van der Waals surface area contributed by atoms with Crippen LogP contribution in [-0.2, 0) is 14.2 Å². The van der Waals surface area contributed by atoms with E-state index < -0.39 is 0 Å². The van der Waals surface area contributed by atoms with Gasteiger partial charge in [-0.3, -0.25) is 0 Å². The lowest BCUT2D eigenvalue weighted by Crippen LogP contribution is -2.39. The van der Waals surface area contributed by atoms with Crippen LogP contribution in [0.4, 0.5) is 0 Å². The van der Waals surface area contributed by atoms with Gasteiger partial charge in [-0.15, -0.1) is 0 Å². The first-order valence-electron chi connectivity index (χ1n) is 8.15. The Morgan fingerprint density at radius 3 is 2.60 bits per heavy atom. The molecule has 2 aliphatic heterocycles. The largest absolute Gasteiger partial charge is 0.378 e. The van der Waals surface area contributed by atoms with Gasteiger partial charge in [-0.1, -0.05) is 0 Å². The van der Waals surface area contributed by atoms with Crippen LogP contribution in [0.15, 0.2) is 0 Å². The highest BCUT2D eigenvalue weighted by Gasteiger charge is 2.20. The molecular weight excluding hydrogens is 256 g/mol. The van der Waals surface area contributed by atoms with Crippen molar-refractivity contribution in [2.24, 2.45) is 5.73 Å². The molecule has 0 spiro atoms. The van der Waals surface area contributed by atoms with Crippen molar-refractivity contribution >= 4 is 0 Å². The molecule has 2 aliphatic rings. The minimum atomic E-state index is 0.0425. The van der Waals surface area contributed by atoms with Crippen LogP contribution in [0.2, 0.25) is 0 Å². The third kappa shape index (κ3) is 6.06. The van der Waals surface area contributed by atoms with Crippen molar-refractivity contribution in [3.63, 3.8) is 0 Å². The van der Waals surface area contributed by atoms with E-state index in [-0.39, 0.29) is 6.29 Å². The molecule has 2 heterocycles. The number of ether oxygens (including phenoxy) is 3. The van der Waals surface area contributed by atoms with Crippen LogP contribution >= 0.6 is 0 Å². The minimum Gasteiger partial charge on any atom is -0.378 e. The fourth-order valence-corrected chi connectivity index (χ4v) is 2.79. The highest BCUT2D eigenvalue weighted by molar-refractivity contribution is 4.72. The van der Waals surface area contributed by atoms with E-state index in [0.717, 1.165) is 71.7 Å². The predicted octanol–water partition coefficient (Wildman–Crippen LogP) is 1.36. The van der Waals surface area contributed by atoms with Gasteiger partial charge < -0.3 is 24.8 Å². The van der Waals surface area contributed by atoms with E-state index in [4.69, 9.17) is 19.9 Å². The summed E-state index contributed by atoms with van der Waals surface area (Å²) in [6.45, 7) is 6.40. The molecule has 20 heavy (non-hydrogen) atoms. The molecule has 2 rings (SSSR count). The monoisotopic (exact) mass is 286 g/mol. The summed E-state index contributed by atoms with van der Waals surface area (Å²) >= 11 is 0. The van der Waals surface area contributed by atoms with Gasteiger partial charge in [-0.05, 0) is 45.1 Å². The van der Waals surface area contributed by atoms with Gasteiger partial charge in [-0.25, -0.2) is 0 Å². The van der Waals surface area contributed by atoms with Crippen LogP contribution in [0, 0.1) is 0 Å². The van der Waals surface area contributed by atoms with Crippen molar-refractivity contribution in [1.82, 2.24) is 4.90 Å². The van der Waals surface area contributed by atoms with E-state index in [9.17, 15) is 0 Å². The molecule has 5 heteroatoms. The van der Waals surface area contributed by atoms with Gasteiger partial charge >= 0.3 is 0 Å². The first kappa shape index (κ1) is 16.2. The molecule has 0 aromatic heterocycles. The van der Waals surface area contributed by atoms with Gasteiger partial charge in [-0.2, -0.15) is 0 Å². The summed E-state index contributed by atoms with van der Waals surface area (Å²) in [6, 6.07) is 0. The van der Waals surface area contributed by atoms with Crippen molar-refractivity contribution in [3.8, 4) is 0 Å². The Hall–Kier alpha value is -0.200. The standard InChI is InChI=1S/C15H30N2O3/c16-7-3-12-18-14-5-8-17(9-6-14)10-13-20-15-4-1-2-11-19-15/h14-15H,1-13,16H2. The zero-order valence-corrected chi connectivity index (χ0v) is 12.6. The van der Waals surface area contributed by atoms with Gasteiger partial charge in [0, 0.05) is 32.8 Å². The fourth-order valence-electron chi connectivity index (χ4n) is 2.79. The van der Waals surface area contributed by atoms with Gasteiger partial charge in [0.05, 0.1) is 12.7 Å². The van der Waals surface area contributed by atoms with Crippen molar-refractivity contribution in [1.29, 1.82) is 0 Å². The Morgan fingerprint density at radius 1 is 1.05 bits per heavy atom. The van der Waals surface area contributed by atoms with Gasteiger partial charge in [0.15, 0.2) is 6.29 Å². The number of rotatable bonds is 8. The maximum Gasteiger partial charge on any atom is 0.157 e. The van der Waals surface area contributed by atoms with Crippen molar-refractivity contribution in [2.45, 2.75) is 50.9 Å². The SMILES string of the molecule is NCCCOC1CCN(CCOC2CCCCO2)CC1. The molecule has 0 aromatic rings. The molecular formula is C15H30N2O3. The summed E-state index contributed by atoms with van der Waals surface area (Å²) in [5.41, 5.74) is 5.47.